The highest BCUT2D eigenvalue weighted by Crippen LogP contribution is 2.25. The van der Waals surface area contributed by atoms with Crippen LogP contribution in [-0.4, -0.2) is 15.6 Å². The molecule has 0 bridgehead atoms. The van der Waals surface area contributed by atoms with Gasteiger partial charge in [-0.25, -0.2) is 4.79 Å². The zero-order valence-electron chi connectivity index (χ0n) is 8.47. The lowest BCUT2D eigenvalue weighted by molar-refractivity contribution is 0.248. The van der Waals surface area contributed by atoms with Gasteiger partial charge in [0, 0.05) is 5.69 Å². The molecule has 14 heavy (non-hydrogen) atoms. The van der Waals surface area contributed by atoms with Crippen LogP contribution in [0.2, 0.25) is 0 Å². The van der Waals surface area contributed by atoms with Crippen molar-refractivity contribution in [2.45, 2.75) is 27.2 Å². The molecule has 2 rings (SSSR count). The Kier molecular flexibility index (Phi) is 1.96. The highest BCUT2D eigenvalue weighted by Gasteiger charge is 2.29. The Balaban J connectivity index is 2.77. The summed E-state index contributed by atoms with van der Waals surface area (Å²) in [7, 11) is 0. The quantitative estimate of drug-likeness (QED) is 0.715. The first-order valence-corrected chi connectivity index (χ1v) is 5.05. The van der Waals surface area contributed by atoms with E-state index in [9.17, 15) is 4.79 Å². The number of aromatic nitrogens is 1. The van der Waals surface area contributed by atoms with E-state index in [0.29, 0.717) is 4.99 Å². The van der Waals surface area contributed by atoms with Crippen LogP contribution in [0, 0.1) is 13.8 Å². The predicted molar refractivity (Wildman–Crippen MR) is 58.9 cm³/mol. The first-order chi connectivity index (χ1) is 6.57. The molecule has 0 saturated heterocycles. The molecule has 0 unspecified atom stereocenters. The lowest BCUT2D eigenvalue weighted by atomic mass is 10.1. The maximum absolute atomic E-state index is 11.5. The van der Waals surface area contributed by atoms with Gasteiger partial charge in [0.25, 0.3) is 0 Å². The molecule has 0 aliphatic carbocycles. The second kappa shape index (κ2) is 2.92. The third-order valence-corrected chi connectivity index (χ3v) is 3.09. The Morgan fingerprint density at radius 3 is 2.57 bits per heavy atom. The molecule has 74 valence electrons. The minimum atomic E-state index is -0.120. The van der Waals surface area contributed by atoms with E-state index >= 15 is 0 Å². The van der Waals surface area contributed by atoms with Gasteiger partial charge in [-0.3, -0.25) is 9.88 Å². The number of hydrogen-bond acceptors (Lipinski definition) is 2. The SMILES string of the molecule is CCc1c(C)c2n(c1C)C(=O)NC2=S. The van der Waals surface area contributed by atoms with Crippen molar-refractivity contribution in [1.82, 2.24) is 9.88 Å². The van der Waals surface area contributed by atoms with E-state index < -0.39 is 0 Å². The van der Waals surface area contributed by atoms with Gasteiger partial charge in [0.2, 0.25) is 0 Å². The van der Waals surface area contributed by atoms with Crippen LogP contribution in [0.3, 0.4) is 0 Å². The van der Waals surface area contributed by atoms with E-state index in [1.165, 1.54) is 5.56 Å². The molecule has 1 aromatic heterocycles. The number of amides is 1. The second-order valence-electron chi connectivity index (χ2n) is 3.49. The molecule has 0 saturated carbocycles. The molecule has 1 aliphatic rings. The number of nitrogens with zero attached hydrogens (tertiary/aromatic N) is 1. The first kappa shape index (κ1) is 9.40. The molecule has 1 aromatic rings. The smallest absolute Gasteiger partial charge is 0.296 e. The summed E-state index contributed by atoms with van der Waals surface area (Å²) in [4.78, 5) is 12.1. The molecule has 0 atom stereocenters. The van der Waals surface area contributed by atoms with Gasteiger partial charge in [-0.15, -0.1) is 0 Å². The van der Waals surface area contributed by atoms with Crippen molar-refractivity contribution in [3.05, 3.63) is 22.5 Å². The first-order valence-electron chi connectivity index (χ1n) is 4.64. The standard InChI is InChI=1S/C10H12N2OS/c1-4-7-5(2)8-9(14)11-10(13)12(8)6(7)3/h4H2,1-3H3,(H,11,13,14). The van der Waals surface area contributed by atoms with E-state index in [-0.39, 0.29) is 6.03 Å². The summed E-state index contributed by atoms with van der Waals surface area (Å²) in [5, 5.41) is 2.65. The van der Waals surface area contributed by atoms with E-state index in [2.05, 4.69) is 12.2 Å². The topological polar surface area (TPSA) is 34.0 Å². The second-order valence-corrected chi connectivity index (χ2v) is 3.89. The van der Waals surface area contributed by atoms with Gasteiger partial charge in [-0.05, 0) is 31.4 Å². The van der Waals surface area contributed by atoms with Crippen molar-refractivity contribution < 1.29 is 4.79 Å². The van der Waals surface area contributed by atoms with Gasteiger partial charge in [0.05, 0.1) is 5.69 Å². The van der Waals surface area contributed by atoms with Gasteiger partial charge >= 0.3 is 6.03 Å². The summed E-state index contributed by atoms with van der Waals surface area (Å²) in [6, 6.07) is -0.120. The molecule has 2 heterocycles. The molecule has 0 aromatic carbocycles. The van der Waals surface area contributed by atoms with Crippen LogP contribution in [0.4, 0.5) is 4.79 Å². The van der Waals surface area contributed by atoms with Crippen molar-refractivity contribution in [1.29, 1.82) is 0 Å². The van der Waals surface area contributed by atoms with Crippen molar-refractivity contribution in [3.63, 3.8) is 0 Å². The van der Waals surface area contributed by atoms with Crippen LogP contribution in [-0.2, 0) is 6.42 Å². The van der Waals surface area contributed by atoms with Crippen molar-refractivity contribution in [2.24, 2.45) is 0 Å². The Labute approximate surface area is 88.1 Å². The summed E-state index contributed by atoms with van der Waals surface area (Å²) in [5.74, 6) is 0. The number of hydrogen-bond donors (Lipinski definition) is 1. The lowest BCUT2D eigenvalue weighted by Crippen LogP contribution is -2.22. The summed E-state index contributed by atoms with van der Waals surface area (Å²) in [5.41, 5.74) is 4.25. The van der Waals surface area contributed by atoms with Crippen molar-refractivity contribution in [2.75, 3.05) is 0 Å². The average Bonchev–Trinajstić information content (AvgIpc) is 2.53. The van der Waals surface area contributed by atoms with Crippen LogP contribution in [0.15, 0.2) is 0 Å². The van der Waals surface area contributed by atoms with Gasteiger partial charge in [0.15, 0.2) is 0 Å². The molecule has 1 amide bonds. The molecule has 1 aliphatic heterocycles. The average molecular weight is 208 g/mol. The molecule has 3 nitrogen and oxygen atoms in total. The van der Waals surface area contributed by atoms with Crippen molar-refractivity contribution in [3.8, 4) is 0 Å². The molecule has 1 N–H and O–H groups in total. The molecular formula is C10H12N2OS. The predicted octanol–water partition coefficient (Wildman–Crippen LogP) is 1.91. The number of nitrogens with one attached hydrogen (secondary N) is 1. The zero-order valence-corrected chi connectivity index (χ0v) is 9.29. The largest absolute Gasteiger partial charge is 0.331 e. The highest BCUT2D eigenvalue weighted by atomic mass is 32.1. The minimum Gasteiger partial charge on any atom is -0.296 e. The van der Waals surface area contributed by atoms with E-state index in [1.54, 1.807) is 4.57 Å². The fraction of sp³-hybridized carbons (Fsp3) is 0.400. The zero-order chi connectivity index (χ0) is 10.5. The summed E-state index contributed by atoms with van der Waals surface area (Å²) >= 11 is 5.11. The Morgan fingerprint density at radius 1 is 1.43 bits per heavy atom. The maximum atomic E-state index is 11.5. The number of thiocarbonyl (C=S) groups is 1. The van der Waals surface area contributed by atoms with Crippen LogP contribution in [0.25, 0.3) is 0 Å². The van der Waals surface area contributed by atoms with E-state index in [1.807, 2.05) is 13.8 Å². The van der Waals surface area contributed by atoms with Crippen LogP contribution < -0.4 is 5.32 Å². The summed E-state index contributed by atoms with van der Waals surface area (Å²) in [6.45, 7) is 6.07. The van der Waals surface area contributed by atoms with Gasteiger partial charge in [-0.1, -0.05) is 19.1 Å². The van der Waals surface area contributed by atoms with Crippen LogP contribution >= 0.6 is 12.2 Å². The highest BCUT2D eigenvalue weighted by molar-refractivity contribution is 7.80. The van der Waals surface area contributed by atoms with E-state index in [4.69, 9.17) is 12.2 Å². The molecule has 0 spiro atoms. The number of carbonyl (C=O) groups excluding carboxylic acids is 1. The third kappa shape index (κ3) is 0.973. The fourth-order valence-electron chi connectivity index (χ4n) is 2.14. The molecule has 0 fully saturated rings. The Morgan fingerprint density at radius 2 is 2.07 bits per heavy atom. The van der Waals surface area contributed by atoms with Crippen molar-refractivity contribution >= 4 is 23.2 Å². The normalized spacial score (nSPS) is 14.5. The maximum Gasteiger partial charge on any atom is 0.331 e. The minimum absolute atomic E-state index is 0.120. The molecular weight excluding hydrogens is 196 g/mol. The Hall–Kier alpha value is -1.16. The van der Waals surface area contributed by atoms with Gasteiger partial charge in [-0.2, -0.15) is 0 Å². The summed E-state index contributed by atoms with van der Waals surface area (Å²) in [6.07, 6.45) is 0.938. The van der Waals surface area contributed by atoms with Gasteiger partial charge < -0.3 is 0 Å². The number of carbonyl (C=O) groups is 1. The third-order valence-electron chi connectivity index (χ3n) is 2.80. The molecule has 0 radical (unpaired) electrons. The van der Waals surface area contributed by atoms with Gasteiger partial charge in [0.1, 0.15) is 4.99 Å². The lowest BCUT2D eigenvalue weighted by Gasteiger charge is -2.00. The summed E-state index contributed by atoms with van der Waals surface area (Å²) < 4.78 is 1.68. The Bertz CT molecular complexity index is 408. The number of rotatable bonds is 1. The van der Waals surface area contributed by atoms with Crippen LogP contribution in [0.1, 0.15) is 29.4 Å². The monoisotopic (exact) mass is 208 g/mol. The number of fused-ring (bicyclic) bond motifs is 1. The molecule has 4 heteroatoms. The van der Waals surface area contributed by atoms with E-state index in [0.717, 1.165) is 23.4 Å². The fourth-order valence-corrected chi connectivity index (χ4v) is 2.48. The van der Waals surface area contributed by atoms with Crippen LogP contribution in [0.5, 0.6) is 0 Å².